The molecule has 1 aromatic rings. The summed E-state index contributed by atoms with van der Waals surface area (Å²) in [6, 6.07) is 6.41. The molecule has 0 radical (unpaired) electrons. The molecule has 11 heteroatoms. The first kappa shape index (κ1) is 36.4. The van der Waals surface area contributed by atoms with Crippen molar-refractivity contribution in [3.63, 3.8) is 0 Å². The fourth-order valence-corrected chi connectivity index (χ4v) is 5.68. The number of ketones is 2. The Morgan fingerprint density at radius 3 is 2.30 bits per heavy atom. The van der Waals surface area contributed by atoms with E-state index in [0.717, 1.165) is 37.7 Å². The number of Topliss-reactive ketones (excluding diaryl/α,β-unsaturated/α-hetero) is 2. The molecular formula is C33H50N4O7. The van der Waals surface area contributed by atoms with Gasteiger partial charge in [-0.15, -0.1) is 0 Å². The molecule has 4 atom stereocenters. The lowest BCUT2D eigenvalue weighted by atomic mass is 9.91. The van der Waals surface area contributed by atoms with Gasteiger partial charge in [0.15, 0.2) is 0 Å². The lowest BCUT2D eigenvalue weighted by Gasteiger charge is -2.35. The first-order valence-corrected chi connectivity index (χ1v) is 15.4. The number of likely N-dealkylation sites (N-methyl/N-ethyl adjacent to an activating group) is 1. The van der Waals surface area contributed by atoms with E-state index in [0.29, 0.717) is 31.0 Å². The van der Waals surface area contributed by atoms with Gasteiger partial charge in [-0.3, -0.25) is 28.9 Å². The fourth-order valence-electron chi connectivity index (χ4n) is 5.68. The van der Waals surface area contributed by atoms with E-state index in [2.05, 4.69) is 17.6 Å². The van der Waals surface area contributed by atoms with Crippen LogP contribution < -0.4 is 10.6 Å². The van der Waals surface area contributed by atoms with Crippen LogP contribution in [0.4, 0.5) is 4.79 Å². The highest BCUT2D eigenvalue weighted by molar-refractivity contribution is 6.05. The van der Waals surface area contributed by atoms with Crippen LogP contribution in [0.15, 0.2) is 24.3 Å². The van der Waals surface area contributed by atoms with Crippen molar-refractivity contribution in [1.82, 2.24) is 20.4 Å². The third-order valence-electron chi connectivity index (χ3n) is 8.06. The Morgan fingerprint density at radius 1 is 1.07 bits per heavy atom. The lowest BCUT2D eigenvalue weighted by Crippen LogP contribution is -2.56. The lowest BCUT2D eigenvalue weighted by molar-refractivity contribution is -0.140. The van der Waals surface area contributed by atoms with Crippen LogP contribution in [0.5, 0.6) is 0 Å². The summed E-state index contributed by atoms with van der Waals surface area (Å²) in [4.78, 5) is 74.2. The maximum Gasteiger partial charge on any atom is 0.410 e. The predicted octanol–water partition coefficient (Wildman–Crippen LogP) is 3.87. The minimum absolute atomic E-state index is 0.0187. The summed E-state index contributed by atoms with van der Waals surface area (Å²) >= 11 is 0. The number of benzene rings is 1. The third-order valence-corrected chi connectivity index (χ3v) is 8.06. The van der Waals surface area contributed by atoms with Gasteiger partial charge in [-0.25, -0.2) is 4.79 Å². The average Bonchev–Trinajstić information content (AvgIpc) is 3.29. The van der Waals surface area contributed by atoms with E-state index in [1.165, 1.54) is 25.8 Å². The number of ether oxygens (including phenoxy) is 1. The normalized spacial score (nSPS) is 20.6. The highest BCUT2D eigenvalue weighted by Crippen LogP contribution is 2.31. The van der Waals surface area contributed by atoms with Gasteiger partial charge in [-0.2, -0.15) is 0 Å². The number of carbonyl (C=O) groups excluding carboxylic acids is 6. The molecule has 2 fully saturated rings. The Kier molecular flexibility index (Phi) is 13.5. The number of nitrogens with zero attached hydrogens (tertiary/aromatic N) is 2. The van der Waals surface area contributed by atoms with Gasteiger partial charge >= 0.3 is 6.09 Å². The monoisotopic (exact) mass is 614 g/mol. The molecule has 11 nitrogen and oxygen atoms in total. The van der Waals surface area contributed by atoms with Gasteiger partial charge in [-0.05, 0) is 85.3 Å². The molecule has 0 spiro atoms. The van der Waals surface area contributed by atoms with E-state index in [1.807, 2.05) is 11.0 Å². The number of amides is 4. The second kappa shape index (κ2) is 16.4. The standard InChI is InChI=1S/C20H35N3O4.C13H15NO3/c1-13-11-12-15-9-7-8-10-16(18(25)23(13)15)21-17(24)14(2)22(6)19(26)27-20(3,4)5;1-9(16)13(10(2)17)12-5-3-4-11(6-12)7-14-8-15/h13-16H,7-12H2,1-6H3,(H,21,24);3-6,8,13H,7H2,1-2H3,(H,14,15). The predicted molar refractivity (Wildman–Crippen MR) is 167 cm³/mol. The molecule has 4 unspecified atom stereocenters. The third kappa shape index (κ3) is 10.4. The van der Waals surface area contributed by atoms with Crippen LogP contribution in [0.1, 0.15) is 104 Å². The highest BCUT2D eigenvalue weighted by Gasteiger charge is 2.39. The van der Waals surface area contributed by atoms with Crippen LogP contribution >= 0.6 is 0 Å². The molecule has 2 aliphatic rings. The summed E-state index contributed by atoms with van der Waals surface area (Å²) in [5.41, 5.74) is 0.912. The van der Waals surface area contributed by atoms with Gasteiger partial charge in [-0.1, -0.05) is 37.1 Å². The van der Waals surface area contributed by atoms with Crippen LogP contribution in [0.3, 0.4) is 0 Å². The number of rotatable bonds is 9. The van der Waals surface area contributed by atoms with Gasteiger partial charge in [0.2, 0.25) is 18.2 Å². The molecule has 0 aliphatic carbocycles. The number of fused-ring (bicyclic) bond motifs is 1. The molecule has 2 saturated heterocycles. The Balaban J connectivity index is 0.000000342. The van der Waals surface area contributed by atoms with Crippen LogP contribution in [-0.4, -0.2) is 82.5 Å². The molecule has 0 saturated carbocycles. The molecular weight excluding hydrogens is 564 g/mol. The largest absolute Gasteiger partial charge is 0.444 e. The maximum atomic E-state index is 13.0. The van der Waals surface area contributed by atoms with Gasteiger partial charge in [0.25, 0.3) is 0 Å². The van der Waals surface area contributed by atoms with Crippen molar-refractivity contribution in [2.75, 3.05) is 7.05 Å². The molecule has 0 aromatic heterocycles. The van der Waals surface area contributed by atoms with Crippen LogP contribution in [0.25, 0.3) is 0 Å². The minimum Gasteiger partial charge on any atom is -0.444 e. The number of hydrogen-bond acceptors (Lipinski definition) is 7. The molecule has 3 rings (SSSR count). The molecule has 1 aromatic carbocycles. The van der Waals surface area contributed by atoms with Gasteiger partial charge in [0.1, 0.15) is 35.2 Å². The Labute approximate surface area is 261 Å². The molecule has 2 aliphatic heterocycles. The van der Waals surface area contributed by atoms with E-state index in [4.69, 9.17) is 4.74 Å². The first-order chi connectivity index (χ1) is 20.6. The fraction of sp³-hybridized carbons (Fsp3) is 0.636. The Bertz CT molecular complexity index is 1180. The van der Waals surface area contributed by atoms with Gasteiger partial charge < -0.3 is 20.3 Å². The second-order valence-electron chi connectivity index (χ2n) is 12.8. The molecule has 4 amide bonds. The van der Waals surface area contributed by atoms with Crippen molar-refractivity contribution in [3.8, 4) is 0 Å². The number of hydrogen-bond donors (Lipinski definition) is 2. The van der Waals surface area contributed by atoms with E-state index in [-0.39, 0.29) is 29.4 Å². The van der Waals surface area contributed by atoms with Gasteiger partial charge in [0.05, 0.1) is 0 Å². The first-order valence-electron chi connectivity index (χ1n) is 15.4. The van der Waals surface area contributed by atoms with Crippen LogP contribution in [-0.2, 0) is 35.3 Å². The smallest absolute Gasteiger partial charge is 0.410 e. The zero-order valence-corrected chi connectivity index (χ0v) is 27.5. The van der Waals surface area contributed by atoms with Crippen LogP contribution in [0, 0.1) is 0 Å². The summed E-state index contributed by atoms with van der Waals surface area (Å²) in [5, 5.41) is 5.43. The average molecular weight is 615 g/mol. The van der Waals surface area contributed by atoms with Crippen LogP contribution in [0.2, 0.25) is 0 Å². The minimum atomic E-state index is -0.718. The molecule has 244 valence electrons. The quantitative estimate of drug-likeness (QED) is 0.318. The van der Waals surface area contributed by atoms with E-state index < -0.39 is 29.7 Å². The van der Waals surface area contributed by atoms with E-state index in [9.17, 15) is 28.8 Å². The van der Waals surface area contributed by atoms with E-state index >= 15 is 0 Å². The van der Waals surface area contributed by atoms with Crippen molar-refractivity contribution in [1.29, 1.82) is 0 Å². The second-order valence-corrected chi connectivity index (χ2v) is 12.8. The molecule has 0 bridgehead atoms. The topological polar surface area (TPSA) is 142 Å². The number of nitrogens with one attached hydrogen (secondary N) is 2. The van der Waals surface area contributed by atoms with E-state index in [1.54, 1.807) is 45.9 Å². The highest BCUT2D eigenvalue weighted by atomic mass is 16.6. The summed E-state index contributed by atoms with van der Waals surface area (Å²) in [6.07, 6.45) is 5.81. The van der Waals surface area contributed by atoms with Crippen molar-refractivity contribution in [2.24, 2.45) is 0 Å². The van der Waals surface area contributed by atoms with Crippen molar-refractivity contribution in [3.05, 3.63) is 35.4 Å². The SMILES string of the molecule is CC(=O)C(C(C)=O)c1cccc(CNC=O)c1.CC(C(=O)NC1CCCCC2CCC(C)N2C1=O)N(C)C(=O)OC(C)(C)C. The maximum absolute atomic E-state index is 13.0. The summed E-state index contributed by atoms with van der Waals surface area (Å²) in [7, 11) is 1.54. The Morgan fingerprint density at radius 2 is 1.70 bits per heavy atom. The van der Waals surface area contributed by atoms with Crippen molar-refractivity contribution >= 4 is 35.9 Å². The summed E-state index contributed by atoms with van der Waals surface area (Å²) in [5.74, 6) is -1.35. The number of carbonyl (C=O) groups is 6. The Hall–Kier alpha value is -3.76. The molecule has 2 heterocycles. The molecule has 44 heavy (non-hydrogen) atoms. The van der Waals surface area contributed by atoms with Crippen molar-refractivity contribution < 1.29 is 33.5 Å². The van der Waals surface area contributed by atoms with Gasteiger partial charge in [0, 0.05) is 25.7 Å². The summed E-state index contributed by atoms with van der Waals surface area (Å²) in [6.45, 7) is 12.3. The zero-order chi connectivity index (χ0) is 33.2. The molecule has 2 N–H and O–H groups in total. The van der Waals surface area contributed by atoms with Crippen molar-refractivity contribution in [2.45, 2.75) is 129 Å². The zero-order valence-electron chi connectivity index (χ0n) is 27.5. The summed E-state index contributed by atoms with van der Waals surface area (Å²) < 4.78 is 5.32.